The summed E-state index contributed by atoms with van der Waals surface area (Å²) in [6.45, 7) is 5.86. The zero-order valence-electron chi connectivity index (χ0n) is 11.3. The molecule has 2 N–H and O–H groups in total. The van der Waals surface area contributed by atoms with E-state index in [9.17, 15) is 13.5 Å². The molecule has 1 aromatic heterocycles. The highest BCUT2D eigenvalue weighted by molar-refractivity contribution is 7.91. The molecule has 19 heavy (non-hydrogen) atoms. The van der Waals surface area contributed by atoms with Crippen LogP contribution in [0.4, 0.5) is 0 Å². The highest BCUT2D eigenvalue weighted by Crippen LogP contribution is 2.26. The number of sulfonamides is 1. The summed E-state index contributed by atoms with van der Waals surface area (Å²) in [5, 5.41) is 9.38. The van der Waals surface area contributed by atoms with Crippen LogP contribution >= 0.6 is 22.9 Å². The second-order valence-corrected chi connectivity index (χ2v) is 8.73. The first kappa shape index (κ1) is 16.9. The summed E-state index contributed by atoms with van der Waals surface area (Å²) in [7, 11) is -3.61. The predicted molar refractivity (Wildman–Crippen MR) is 79.1 cm³/mol. The zero-order chi connectivity index (χ0) is 14.6. The Kier molecular flexibility index (Phi) is 6.26. The molecular weight excluding hydrogens is 306 g/mol. The molecule has 0 aliphatic heterocycles. The fraction of sp³-hybridized carbons (Fsp3) is 0.667. The number of thiophene rings is 1. The molecule has 1 rings (SSSR count). The highest BCUT2D eigenvalue weighted by Gasteiger charge is 2.25. The molecule has 0 bridgehead atoms. The summed E-state index contributed by atoms with van der Waals surface area (Å²) < 4.78 is 27.4. The Morgan fingerprint density at radius 2 is 2.00 bits per heavy atom. The Hall–Kier alpha value is -0.140. The number of aliphatic hydroxyl groups is 1. The van der Waals surface area contributed by atoms with Gasteiger partial charge in [0.1, 0.15) is 4.21 Å². The van der Waals surface area contributed by atoms with Gasteiger partial charge < -0.3 is 5.11 Å². The van der Waals surface area contributed by atoms with Crippen LogP contribution < -0.4 is 4.72 Å². The zero-order valence-corrected chi connectivity index (χ0v) is 13.6. The lowest BCUT2D eigenvalue weighted by Gasteiger charge is -2.24. The van der Waals surface area contributed by atoms with Crippen LogP contribution in [0, 0.1) is 11.8 Å². The third kappa shape index (κ3) is 5.04. The Morgan fingerprint density at radius 3 is 2.42 bits per heavy atom. The normalized spacial score (nSPS) is 15.7. The molecule has 2 atom stereocenters. The standard InChI is InChI=1S/C12H20ClNO3S2/c1-8(2)6-9(3)10(7-15)14-19(16,17)12-5-4-11(13)18-12/h4-5,8-10,14-15H,6-7H2,1-3H3/t9-,10-/m0/s1. The predicted octanol–water partition coefficient (Wildman–Crippen LogP) is 2.72. The number of hydrogen-bond donors (Lipinski definition) is 2. The van der Waals surface area contributed by atoms with Crippen LogP contribution in [0.15, 0.2) is 16.3 Å². The molecule has 0 unspecified atom stereocenters. The van der Waals surface area contributed by atoms with Crippen LogP contribution in [-0.4, -0.2) is 26.2 Å². The number of halogens is 1. The van der Waals surface area contributed by atoms with E-state index in [0.29, 0.717) is 10.3 Å². The molecule has 0 aromatic carbocycles. The Bertz CT molecular complexity index is 499. The van der Waals surface area contributed by atoms with Gasteiger partial charge in [-0.2, -0.15) is 0 Å². The number of hydrogen-bond acceptors (Lipinski definition) is 4. The van der Waals surface area contributed by atoms with Crippen molar-refractivity contribution < 1.29 is 13.5 Å². The van der Waals surface area contributed by atoms with E-state index in [1.54, 1.807) is 6.07 Å². The van der Waals surface area contributed by atoms with E-state index in [1.807, 2.05) is 6.92 Å². The SMILES string of the molecule is CC(C)C[C@H](C)[C@H](CO)NS(=O)(=O)c1ccc(Cl)s1. The fourth-order valence-corrected chi connectivity index (χ4v) is 4.78. The molecule has 0 aliphatic rings. The molecule has 1 aromatic rings. The van der Waals surface area contributed by atoms with Crippen LogP contribution in [0.3, 0.4) is 0 Å². The molecule has 0 amide bonds. The van der Waals surface area contributed by atoms with Crippen LogP contribution in [0.5, 0.6) is 0 Å². The van der Waals surface area contributed by atoms with E-state index in [1.165, 1.54) is 6.07 Å². The van der Waals surface area contributed by atoms with E-state index < -0.39 is 16.1 Å². The maximum absolute atomic E-state index is 12.1. The van der Waals surface area contributed by atoms with Crippen molar-refractivity contribution in [3.05, 3.63) is 16.5 Å². The topological polar surface area (TPSA) is 66.4 Å². The van der Waals surface area contributed by atoms with Gasteiger partial charge in [0.2, 0.25) is 10.0 Å². The number of rotatable bonds is 7. The molecular formula is C12H20ClNO3S2. The van der Waals surface area contributed by atoms with E-state index in [2.05, 4.69) is 18.6 Å². The first-order valence-electron chi connectivity index (χ1n) is 6.14. The Balaban J connectivity index is 2.80. The van der Waals surface area contributed by atoms with E-state index >= 15 is 0 Å². The van der Waals surface area contributed by atoms with Gasteiger partial charge in [-0.15, -0.1) is 11.3 Å². The molecule has 0 saturated heterocycles. The average molecular weight is 326 g/mol. The van der Waals surface area contributed by atoms with E-state index in [0.717, 1.165) is 17.8 Å². The smallest absolute Gasteiger partial charge is 0.250 e. The first-order valence-corrected chi connectivity index (χ1v) is 8.82. The lowest BCUT2D eigenvalue weighted by molar-refractivity contribution is 0.208. The third-order valence-corrected chi connectivity index (χ3v) is 6.06. The van der Waals surface area contributed by atoms with Crippen molar-refractivity contribution in [2.45, 2.75) is 37.4 Å². The van der Waals surface area contributed by atoms with Gasteiger partial charge in [0.05, 0.1) is 10.9 Å². The van der Waals surface area contributed by atoms with Crippen LogP contribution in [0.25, 0.3) is 0 Å². The minimum absolute atomic E-state index is 0.0650. The molecule has 1 heterocycles. The monoisotopic (exact) mass is 325 g/mol. The molecule has 0 saturated carbocycles. The largest absolute Gasteiger partial charge is 0.395 e. The summed E-state index contributed by atoms with van der Waals surface area (Å²) in [6, 6.07) is 2.54. The van der Waals surface area contributed by atoms with Crippen molar-refractivity contribution in [3.8, 4) is 0 Å². The molecule has 0 spiro atoms. The summed E-state index contributed by atoms with van der Waals surface area (Å²) >= 11 is 6.75. The summed E-state index contributed by atoms with van der Waals surface area (Å²) in [6.07, 6.45) is 0.846. The number of aliphatic hydroxyl groups excluding tert-OH is 1. The minimum Gasteiger partial charge on any atom is -0.395 e. The summed E-state index contributed by atoms with van der Waals surface area (Å²) in [5.41, 5.74) is 0. The molecule has 0 fully saturated rings. The maximum atomic E-state index is 12.1. The average Bonchev–Trinajstić information content (AvgIpc) is 2.72. The van der Waals surface area contributed by atoms with Crippen molar-refractivity contribution in [2.75, 3.05) is 6.61 Å². The maximum Gasteiger partial charge on any atom is 0.250 e. The van der Waals surface area contributed by atoms with Gasteiger partial charge in [-0.05, 0) is 30.4 Å². The molecule has 0 radical (unpaired) electrons. The highest BCUT2D eigenvalue weighted by atomic mass is 35.5. The summed E-state index contributed by atoms with van der Waals surface area (Å²) in [5.74, 6) is 0.514. The van der Waals surface area contributed by atoms with Gasteiger partial charge in [0, 0.05) is 6.04 Å². The first-order chi connectivity index (χ1) is 8.76. The van der Waals surface area contributed by atoms with Gasteiger partial charge >= 0.3 is 0 Å². The third-order valence-electron chi connectivity index (χ3n) is 2.85. The van der Waals surface area contributed by atoms with Gasteiger partial charge in [-0.25, -0.2) is 13.1 Å². The van der Waals surface area contributed by atoms with Crippen LogP contribution in [0.2, 0.25) is 4.34 Å². The lowest BCUT2D eigenvalue weighted by Crippen LogP contribution is -2.42. The van der Waals surface area contributed by atoms with Crippen molar-refractivity contribution in [2.24, 2.45) is 11.8 Å². The minimum atomic E-state index is -3.61. The van der Waals surface area contributed by atoms with E-state index in [4.69, 9.17) is 11.6 Å². The lowest BCUT2D eigenvalue weighted by atomic mass is 9.93. The Morgan fingerprint density at radius 1 is 1.37 bits per heavy atom. The molecule has 0 aliphatic carbocycles. The van der Waals surface area contributed by atoms with Gasteiger partial charge in [-0.3, -0.25) is 0 Å². The van der Waals surface area contributed by atoms with Crippen molar-refractivity contribution >= 4 is 33.0 Å². The second-order valence-electron chi connectivity index (χ2n) is 5.08. The van der Waals surface area contributed by atoms with Crippen LogP contribution in [0.1, 0.15) is 27.2 Å². The summed E-state index contributed by atoms with van der Waals surface area (Å²) in [4.78, 5) is 0. The van der Waals surface area contributed by atoms with Crippen molar-refractivity contribution in [1.29, 1.82) is 0 Å². The van der Waals surface area contributed by atoms with Crippen molar-refractivity contribution in [1.82, 2.24) is 4.72 Å². The Labute approximate surface area is 123 Å². The van der Waals surface area contributed by atoms with Gasteiger partial charge in [-0.1, -0.05) is 32.4 Å². The van der Waals surface area contributed by atoms with E-state index in [-0.39, 0.29) is 16.7 Å². The second kappa shape index (κ2) is 7.04. The fourth-order valence-electron chi connectivity index (χ4n) is 1.94. The molecule has 4 nitrogen and oxygen atoms in total. The van der Waals surface area contributed by atoms with Crippen LogP contribution in [-0.2, 0) is 10.0 Å². The van der Waals surface area contributed by atoms with Crippen molar-refractivity contribution in [3.63, 3.8) is 0 Å². The quantitative estimate of drug-likeness (QED) is 0.810. The molecule has 110 valence electrons. The van der Waals surface area contributed by atoms with Gasteiger partial charge in [0.15, 0.2) is 0 Å². The van der Waals surface area contributed by atoms with Gasteiger partial charge in [0.25, 0.3) is 0 Å². The number of nitrogens with one attached hydrogen (secondary N) is 1. The molecule has 7 heteroatoms.